The molecule has 0 aliphatic rings. The molecule has 1 N–H and O–H groups in total. The van der Waals surface area contributed by atoms with Crippen molar-refractivity contribution < 1.29 is 14.7 Å². The number of thiophene rings is 1. The molecule has 0 unspecified atom stereocenters. The first-order valence-electron chi connectivity index (χ1n) is 6.75. The van der Waals surface area contributed by atoms with E-state index in [2.05, 4.69) is 15.9 Å². The first-order valence-corrected chi connectivity index (χ1v) is 8.42. The van der Waals surface area contributed by atoms with Crippen molar-refractivity contribution in [3.63, 3.8) is 0 Å². The second kappa shape index (κ2) is 7.56. The van der Waals surface area contributed by atoms with Gasteiger partial charge in [0.05, 0.1) is 9.35 Å². The molecule has 2 rings (SSSR count). The number of halogens is 1. The zero-order valence-corrected chi connectivity index (χ0v) is 14.5. The van der Waals surface area contributed by atoms with E-state index in [1.165, 1.54) is 0 Å². The van der Waals surface area contributed by atoms with Crippen molar-refractivity contribution in [3.05, 3.63) is 56.2 Å². The van der Waals surface area contributed by atoms with Crippen LogP contribution in [0.4, 0.5) is 0 Å². The highest BCUT2D eigenvalue weighted by Gasteiger charge is 2.13. The molecule has 0 fully saturated rings. The van der Waals surface area contributed by atoms with E-state index in [0.717, 1.165) is 9.35 Å². The summed E-state index contributed by atoms with van der Waals surface area (Å²) < 4.78 is 1.04. The van der Waals surface area contributed by atoms with Gasteiger partial charge in [-0.25, -0.2) is 4.79 Å². The Morgan fingerprint density at radius 1 is 1.32 bits per heavy atom. The van der Waals surface area contributed by atoms with Gasteiger partial charge in [0.15, 0.2) is 0 Å². The molecular formula is C16H16BrNO3S. The topological polar surface area (TPSA) is 57.6 Å². The molecule has 22 heavy (non-hydrogen) atoms. The van der Waals surface area contributed by atoms with Crippen molar-refractivity contribution in [2.24, 2.45) is 0 Å². The number of aryl methyl sites for hydroxylation is 1. The molecule has 116 valence electrons. The molecule has 0 saturated heterocycles. The van der Waals surface area contributed by atoms with Gasteiger partial charge in [0.2, 0.25) is 5.91 Å². The van der Waals surface area contributed by atoms with Gasteiger partial charge >= 0.3 is 5.97 Å². The van der Waals surface area contributed by atoms with E-state index in [9.17, 15) is 9.59 Å². The van der Waals surface area contributed by atoms with Crippen LogP contribution in [0.3, 0.4) is 0 Å². The minimum atomic E-state index is -0.959. The van der Waals surface area contributed by atoms with Crippen molar-refractivity contribution in [1.29, 1.82) is 0 Å². The fourth-order valence-corrected chi connectivity index (χ4v) is 3.37. The molecule has 1 aromatic heterocycles. The van der Waals surface area contributed by atoms with Crippen molar-refractivity contribution in [2.45, 2.75) is 19.4 Å². The molecule has 1 amide bonds. The maximum absolute atomic E-state index is 12.2. The Hall–Kier alpha value is -1.66. The third kappa shape index (κ3) is 4.42. The van der Waals surface area contributed by atoms with Gasteiger partial charge in [-0.1, -0.05) is 18.2 Å². The summed E-state index contributed by atoms with van der Waals surface area (Å²) in [5, 5.41) is 11.1. The van der Waals surface area contributed by atoms with Crippen LogP contribution >= 0.6 is 27.3 Å². The Morgan fingerprint density at radius 2 is 2.05 bits per heavy atom. The highest BCUT2D eigenvalue weighted by Crippen LogP contribution is 2.21. The van der Waals surface area contributed by atoms with Crippen LogP contribution in [0.2, 0.25) is 0 Å². The Labute approximate surface area is 141 Å². The van der Waals surface area contributed by atoms with Gasteiger partial charge < -0.3 is 10.0 Å². The predicted octanol–water partition coefficient (Wildman–Crippen LogP) is 3.80. The molecule has 0 bridgehead atoms. The molecule has 0 aliphatic heterocycles. The Morgan fingerprint density at radius 3 is 2.68 bits per heavy atom. The molecule has 1 heterocycles. The Bertz CT molecular complexity index is 684. The summed E-state index contributed by atoms with van der Waals surface area (Å²) >= 11 is 4.99. The number of nitrogens with zero attached hydrogens (tertiary/aromatic N) is 1. The van der Waals surface area contributed by atoms with E-state index < -0.39 is 5.97 Å². The van der Waals surface area contributed by atoms with Crippen LogP contribution in [-0.4, -0.2) is 28.9 Å². The van der Waals surface area contributed by atoms with E-state index in [4.69, 9.17) is 5.11 Å². The van der Waals surface area contributed by atoms with Gasteiger partial charge in [0.1, 0.15) is 0 Å². The summed E-state index contributed by atoms with van der Waals surface area (Å²) in [6.07, 6.45) is 0.727. The lowest BCUT2D eigenvalue weighted by Crippen LogP contribution is -2.26. The van der Waals surface area contributed by atoms with Gasteiger partial charge in [-0.3, -0.25) is 4.79 Å². The third-order valence-corrected chi connectivity index (χ3v) is 4.88. The molecule has 0 saturated carbocycles. The van der Waals surface area contributed by atoms with E-state index in [1.807, 2.05) is 11.4 Å². The number of amides is 1. The second-order valence-corrected chi connectivity index (χ2v) is 7.26. The van der Waals surface area contributed by atoms with Crippen molar-refractivity contribution in [2.75, 3.05) is 7.05 Å². The lowest BCUT2D eigenvalue weighted by molar-refractivity contribution is -0.130. The monoisotopic (exact) mass is 381 g/mol. The Balaban J connectivity index is 1.93. The molecule has 1 aromatic carbocycles. The summed E-state index contributed by atoms with van der Waals surface area (Å²) in [6.45, 7) is 0.557. The molecule has 0 radical (unpaired) electrons. The number of carboxylic acids is 1. The summed E-state index contributed by atoms with van der Waals surface area (Å²) in [7, 11) is 1.76. The lowest BCUT2D eigenvalue weighted by atomic mass is 10.0. The largest absolute Gasteiger partial charge is 0.478 e. The van der Waals surface area contributed by atoms with Crippen molar-refractivity contribution in [1.82, 2.24) is 4.90 Å². The highest BCUT2D eigenvalue weighted by molar-refractivity contribution is 9.11. The summed E-state index contributed by atoms with van der Waals surface area (Å²) in [4.78, 5) is 25.0. The number of aromatic carboxylic acids is 1. The number of hydrogen-bond acceptors (Lipinski definition) is 3. The van der Waals surface area contributed by atoms with Gasteiger partial charge in [-0.05, 0) is 51.0 Å². The van der Waals surface area contributed by atoms with Crippen LogP contribution in [0.25, 0.3) is 0 Å². The first kappa shape index (κ1) is 16.7. The zero-order valence-electron chi connectivity index (χ0n) is 12.1. The summed E-state index contributed by atoms with van der Waals surface area (Å²) in [5.41, 5.74) is 2.04. The Kier molecular flexibility index (Phi) is 5.74. The molecule has 2 aromatic rings. The summed E-state index contributed by atoms with van der Waals surface area (Å²) in [6, 6.07) is 8.80. The molecule has 0 spiro atoms. The van der Waals surface area contributed by atoms with E-state index in [-0.39, 0.29) is 11.5 Å². The molecule has 0 aliphatic carbocycles. The fraction of sp³-hybridized carbons (Fsp3) is 0.250. The average Bonchev–Trinajstić information content (AvgIpc) is 2.90. The van der Waals surface area contributed by atoms with Crippen LogP contribution in [0, 0.1) is 0 Å². The van der Waals surface area contributed by atoms with Crippen LogP contribution in [-0.2, 0) is 17.8 Å². The van der Waals surface area contributed by atoms with Crippen molar-refractivity contribution in [3.8, 4) is 0 Å². The first-order chi connectivity index (χ1) is 10.5. The normalized spacial score (nSPS) is 10.5. The van der Waals surface area contributed by atoms with E-state index in [0.29, 0.717) is 24.9 Å². The van der Waals surface area contributed by atoms with E-state index >= 15 is 0 Å². The second-order valence-electron chi connectivity index (χ2n) is 4.97. The van der Waals surface area contributed by atoms with Crippen LogP contribution in [0.15, 0.2) is 39.5 Å². The number of carboxylic acid groups (broad SMARTS) is 1. The van der Waals surface area contributed by atoms with Crippen molar-refractivity contribution >= 4 is 39.1 Å². The fourth-order valence-electron chi connectivity index (χ4n) is 2.17. The lowest BCUT2D eigenvalue weighted by Gasteiger charge is -2.16. The predicted molar refractivity (Wildman–Crippen MR) is 90.2 cm³/mol. The highest BCUT2D eigenvalue weighted by atomic mass is 79.9. The molecular weight excluding hydrogens is 366 g/mol. The third-order valence-electron chi connectivity index (χ3n) is 3.32. The standard InChI is InChI=1S/C16H16BrNO3S/c1-18(9-11-8-14(17)22-10-11)15(19)7-6-12-4-2-3-5-13(12)16(20)21/h2-5,8,10H,6-7,9H2,1H3,(H,20,21). The number of benzene rings is 1. The number of carbonyl (C=O) groups excluding carboxylic acids is 1. The summed E-state index contributed by atoms with van der Waals surface area (Å²) in [5.74, 6) is -0.956. The molecule has 6 heteroatoms. The SMILES string of the molecule is CN(Cc1csc(Br)c1)C(=O)CCc1ccccc1C(=O)O. The van der Waals surface area contributed by atoms with Gasteiger partial charge in [0.25, 0.3) is 0 Å². The van der Waals surface area contributed by atoms with E-state index in [1.54, 1.807) is 47.5 Å². The minimum Gasteiger partial charge on any atom is -0.478 e. The van der Waals surface area contributed by atoms with Crippen LogP contribution in [0.5, 0.6) is 0 Å². The molecule has 0 atom stereocenters. The van der Waals surface area contributed by atoms with Gasteiger partial charge in [0, 0.05) is 20.0 Å². The number of carbonyl (C=O) groups is 2. The maximum Gasteiger partial charge on any atom is 0.335 e. The smallest absolute Gasteiger partial charge is 0.335 e. The van der Waals surface area contributed by atoms with Gasteiger partial charge in [-0.2, -0.15) is 0 Å². The maximum atomic E-state index is 12.2. The number of hydrogen-bond donors (Lipinski definition) is 1. The molecule has 4 nitrogen and oxygen atoms in total. The average molecular weight is 382 g/mol. The minimum absolute atomic E-state index is 0.00233. The zero-order chi connectivity index (χ0) is 16.1. The number of rotatable bonds is 6. The van der Waals surface area contributed by atoms with Gasteiger partial charge in [-0.15, -0.1) is 11.3 Å². The van der Waals surface area contributed by atoms with Crippen LogP contribution < -0.4 is 0 Å². The quantitative estimate of drug-likeness (QED) is 0.827. The van der Waals surface area contributed by atoms with Crippen LogP contribution in [0.1, 0.15) is 27.9 Å².